The number of carbonyl (C=O) groups is 1. The van der Waals surface area contributed by atoms with Gasteiger partial charge in [0.2, 0.25) is 5.91 Å². The molecule has 1 fully saturated rings. The Kier molecular flexibility index (Phi) is 7.36. The fraction of sp³-hybridized carbons (Fsp3) is 0.355. The molecule has 5 rings (SSSR count). The van der Waals surface area contributed by atoms with Crippen LogP contribution in [0.1, 0.15) is 47.7 Å². The molecule has 186 valence electrons. The van der Waals surface area contributed by atoms with Crippen molar-refractivity contribution in [2.75, 3.05) is 19.7 Å². The van der Waals surface area contributed by atoms with Crippen molar-refractivity contribution in [1.29, 1.82) is 0 Å². The Morgan fingerprint density at radius 3 is 2.44 bits per heavy atom. The maximum atomic E-state index is 12.9. The van der Waals surface area contributed by atoms with Gasteiger partial charge in [0.15, 0.2) is 0 Å². The van der Waals surface area contributed by atoms with E-state index in [1.165, 1.54) is 16.7 Å². The monoisotopic (exact) mass is 481 g/mol. The number of nitrogens with zero attached hydrogens (tertiary/aromatic N) is 3. The number of carbonyl (C=O) groups excluding carboxylic acids is 1. The van der Waals surface area contributed by atoms with Crippen LogP contribution in [-0.2, 0) is 17.8 Å². The van der Waals surface area contributed by atoms with E-state index in [1.807, 2.05) is 17.0 Å². The van der Waals surface area contributed by atoms with Crippen LogP contribution < -0.4 is 4.74 Å². The molecule has 0 spiro atoms. The van der Waals surface area contributed by atoms with Crippen LogP contribution in [0.3, 0.4) is 0 Å². The Balaban J connectivity index is 1.24. The fourth-order valence-electron chi connectivity index (χ4n) is 5.28. The van der Waals surface area contributed by atoms with Crippen LogP contribution in [0.15, 0.2) is 72.8 Å². The van der Waals surface area contributed by atoms with Gasteiger partial charge in [0, 0.05) is 32.0 Å². The number of ether oxygens (including phenoxy) is 1. The molecular formula is C31H35N3O2. The molecule has 1 unspecified atom stereocenters. The van der Waals surface area contributed by atoms with E-state index in [1.54, 1.807) is 0 Å². The van der Waals surface area contributed by atoms with E-state index in [9.17, 15) is 4.79 Å². The third-order valence-corrected chi connectivity index (χ3v) is 7.21. The molecule has 1 atom stereocenters. The summed E-state index contributed by atoms with van der Waals surface area (Å²) in [4.78, 5) is 19.9. The maximum Gasteiger partial charge on any atom is 0.223 e. The van der Waals surface area contributed by atoms with Gasteiger partial charge in [0.1, 0.15) is 11.6 Å². The van der Waals surface area contributed by atoms with Crippen molar-refractivity contribution in [2.24, 2.45) is 0 Å². The summed E-state index contributed by atoms with van der Waals surface area (Å²) in [5.74, 6) is 2.41. The highest BCUT2D eigenvalue weighted by Crippen LogP contribution is 2.31. The average Bonchev–Trinajstić information content (AvgIpc) is 3.45. The Hall–Kier alpha value is -3.60. The Labute approximate surface area is 213 Å². The van der Waals surface area contributed by atoms with Gasteiger partial charge in [-0.15, -0.1) is 0 Å². The number of aryl methyl sites for hydroxylation is 3. The number of hydrogen-bond acceptors (Lipinski definition) is 3. The number of rotatable bonds is 10. The van der Waals surface area contributed by atoms with E-state index in [0.29, 0.717) is 13.0 Å². The number of imidazole rings is 1. The van der Waals surface area contributed by atoms with Gasteiger partial charge in [-0.3, -0.25) is 4.79 Å². The SMILES string of the molecule is Cc1cccc(C)c1OCCCCn1c(C2CC(=O)N(CCc3ccccc3)C2)nc2ccccc21. The van der Waals surface area contributed by atoms with Crippen molar-refractivity contribution >= 4 is 16.9 Å². The number of benzene rings is 3. The molecule has 1 aliphatic heterocycles. The quantitative estimate of drug-likeness (QED) is 0.258. The van der Waals surface area contributed by atoms with E-state index in [0.717, 1.165) is 61.5 Å². The zero-order valence-corrected chi connectivity index (χ0v) is 21.3. The van der Waals surface area contributed by atoms with Gasteiger partial charge in [-0.05, 0) is 61.9 Å². The molecule has 5 heteroatoms. The van der Waals surface area contributed by atoms with Crippen LogP contribution in [0, 0.1) is 13.8 Å². The Morgan fingerprint density at radius 2 is 1.64 bits per heavy atom. The van der Waals surface area contributed by atoms with Crippen molar-refractivity contribution in [3.05, 3.63) is 95.3 Å². The third-order valence-electron chi connectivity index (χ3n) is 7.21. The van der Waals surface area contributed by atoms with Gasteiger partial charge >= 0.3 is 0 Å². The van der Waals surface area contributed by atoms with Crippen molar-refractivity contribution in [2.45, 2.75) is 52.0 Å². The maximum absolute atomic E-state index is 12.9. The smallest absolute Gasteiger partial charge is 0.223 e. The molecule has 0 aliphatic carbocycles. The molecule has 1 aliphatic rings. The summed E-state index contributed by atoms with van der Waals surface area (Å²) in [6.45, 7) is 7.26. The molecule has 2 heterocycles. The topological polar surface area (TPSA) is 47.4 Å². The first kappa shape index (κ1) is 24.1. The molecule has 0 saturated carbocycles. The second-order valence-corrected chi connectivity index (χ2v) is 9.86. The number of aromatic nitrogens is 2. The molecule has 3 aromatic carbocycles. The van der Waals surface area contributed by atoms with Crippen LogP contribution in [0.4, 0.5) is 0 Å². The van der Waals surface area contributed by atoms with Gasteiger partial charge in [-0.2, -0.15) is 0 Å². The number of para-hydroxylation sites is 3. The fourth-order valence-corrected chi connectivity index (χ4v) is 5.28. The first-order chi connectivity index (χ1) is 17.6. The lowest BCUT2D eigenvalue weighted by molar-refractivity contribution is -0.127. The normalized spacial score (nSPS) is 15.7. The zero-order chi connectivity index (χ0) is 24.9. The summed E-state index contributed by atoms with van der Waals surface area (Å²) in [6, 6.07) is 25.0. The van der Waals surface area contributed by atoms with E-state index >= 15 is 0 Å². The highest BCUT2D eigenvalue weighted by atomic mass is 16.5. The standard InChI is InChI=1S/C31H35N3O2/c1-23-11-10-12-24(2)30(23)36-20-9-8-18-34-28-16-7-6-15-27(28)32-31(34)26-21-29(35)33(22-26)19-17-25-13-4-3-5-14-25/h3-7,10-16,26H,8-9,17-22H2,1-2H3. The highest BCUT2D eigenvalue weighted by molar-refractivity contribution is 5.81. The molecule has 1 saturated heterocycles. The number of hydrogen-bond donors (Lipinski definition) is 0. The lowest BCUT2D eigenvalue weighted by Gasteiger charge is -2.17. The molecule has 0 bridgehead atoms. The molecule has 0 radical (unpaired) electrons. The molecule has 1 amide bonds. The number of likely N-dealkylation sites (tertiary alicyclic amines) is 1. The van der Waals surface area contributed by atoms with Crippen molar-refractivity contribution in [1.82, 2.24) is 14.5 Å². The third kappa shape index (κ3) is 5.30. The average molecular weight is 482 g/mol. The highest BCUT2D eigenvalue weighted by Gasteiger charge is 2.33. The number of amides is 1. The van der Waals surface area contributed by atoms with Gasteiger partial charge in [-0.25, -0.2) is 4.98 Å². The van der Waals surface area contributed by atoms with Crippen LogP contribution in [0.2, 0.25) is 0 Å². The second kappa shape index (κ2) is 11.0. The lowest BCUT2D eigenvalue weighted by atomic mass is 10.1. The van der Waals surface area contributed by atoms with Crippen molar-refractivity contribution in [3.8, 4) is 5.75 Å². The molecule has 5 nitrogen and oxygen atoms in total. The number of fused-ring (bicyclic) bond motifs is 1. The van der Waals surface area contributed by atoms with Crippen LogP contribution in [-0.4, -0.2) is 40.1 Å². The summed E-state index contributed by atoms with van der Waals surface area (Å²) < 4.78 is 8.46. The largest absolute Gasteiger partial charge is 0.493 e. The van der Waals surface area contributed by atoms with E-state index in [-0.39, 0.29) is 11.8 Å². The summed E-state index contributed by atoms with van der Waals surface area (Å²) in [5.41, 5.74) is 5.79. The minimum atomic E-state index is 0.131. The summed E-state index contributed by atoms with van der Waals surface area (Å²) >= 11 is 0. The Bertz CT molecular complexity index is 1310. The van der Waals surface area contributed by atoms with Crippen molar-refractivity contribution in [3.63, 3.8) is 0 Å². The molecule has 4 aromatic rings. The van der Waals surface area contributed by atoms with Gasteiger partial charge in [-0.1, -0.05) is 60.7 Å². The summed E-state index contributed by atoms with van der Waals surface area (Å²) in [6.07, 6.45) is 3.38. The van der Waals surface area contributed by atoms with Crippen molar-refractivity contribution < 1.29 is 9.53 Å². The zero-order valence-electron chi connectivity index (χ0n) is 21.3. The number of unbranched alkanes of at least 4 members (excludes halogenated alkanes) is 1. The van der Waals surface area contributed by atoms with Crippen LogP contribution in [0.25, 0.3) is 11.0 Å². The van der Waals surface area contributed by atoms with Gasteiger partial charge < -0.3 is 14.2 Å². The predicted molar refractivity (Wildman–Crippen MR) is 144 cm³/mol. The lowest BCUT2D eigenvalue weighted by Crippen LogP contribution is -2.27. The minimum Gasteiger partial charge on any atom is -0.493 e. The van der Waals surface area contributed by atoms with Crippen LogP contribution in [0.5, 0.6) is 5.75 Å². The second-order valence-electron chi connectivity index (χ2n) is 9.86. The van der Waals surface area contributed by atoms with Gasteiger partial charge in [0.25, 0.3) is 0 Å². The van der Waals surface area contributed by atoms with E-state index in [4.69, 9.17) is 9.72 Å². The first-order valence-electron chi connectivity index (χ1n) is 13.1. The van der Waals surface area contributed by atoms with Gasteiger partial charge in [0.05, 0.1) is 17.6 Å². The first-order valence-corrected chi connectivity index (χ1v) is 13.1. The Morgan fingerprint density at radius 1 is 0.889 bits per heavy atom. The summed E-state index contributed by atoms with van der Waals surface area (Å²) in [5, 5.41) is 0. The predicted octanol–water partition coefficient (Wildman–Crippen LogP) is 6.07. The molecule has 36 heavy (non-hydrogen) atoms. The van der Waals surface area contributed by atoms with E-state index < -0.39 is 0 Å². The summed E-state index contributed by atoms with van der Waals surface area (Å²) in [7, 11) is 0. The molecular weight excluding hydrogens is 446 g/mol. The van der Waals surface area contributed by atoms with Crippen LogP contribution >= 0.6 is 0 Å². The molecule has 1 aromatic heterocycles. The molecule has 0 N–H and O–H groups in total. The van der Waals surface area contributed by atoms with E-state index in [2.05, 4.69) is 79.1 Å². The minimum absolute atomic E-state index is 0.131.